The van der Waals surface area contributed by atoms with Crippen LogP contribution in [0.25, 0.3) is 57.7 Å². The predicted octanol–water partition coefficient (Wildman–Crippen LogP) is 21.0. The van der Waals surface area contributed by atoms with Crippen LogP contribution in [0.15, 0.2) is 206 Å². The molecular weight excluding hydrogens is 1090 g/mol. The zero-order valence-corrected chi connectivity index (χ0v) is 55.2. The molecule has 0 N–H and O–H groups in total. The van der Waals surface area contributed by atoms with Gasteiger partial charge in [0.05, 0.1) is 30.4 Å². The Bertz CT molecular complexity index is 4100. The smallest absolute Gasteiger partial charge is 0.119 e. The summed E-state index contributed by atoms with van der Waals surface area (Å²) in [5.41, 5.74) is 27.0. The fourth-order valence-electron chi connectivity index (χ4n) is 13.9. The van der Waals surface area contributed by atoms with E-state index in [-0.39, 0.29) is 16.2 Å². The molecule has 0 amide bonds. The molecule has 0 aromatic heterocycles. The van der Waals surface area contributed by atoms with Crippen molar-refractivity contribution in [1.82, 2.24) is 0 Å². The molecule has 6 heteroatoms. The molecule has 0 atom stereocenters. The fraction of sp³-hybridized carbons (Fsp3) is 0.210. The van der Waals surface area contributed by atoms with Crippen molar-refractivity contribution in [2.24, 2.45) is 0 Å². The molecule has 0 aliphatic heterocycles. The molecule has 3 aliphatic rings. The lowest BCUT2D eigenvalue weighted by molar-refractivity contribution is 0.414. The van der Waals surface area contributed by atoms with Crippen molar-refractivity contribution >= 4 is 84.9 Å². The molecule has 0 unspecified atom stereocenters. The number of fused-ring (bicyclic) bond motifs is 9. The van der Waals surface area contributed by atoms with Gasteiger partial charge in [0.2, 0.25) is 0 Å². The summed E-state index contributed by atoms with van der Waals surface area (Å²) in [6, 6.07) is 77.5. The number of anilines is 6. The molecule has 4 nitrogen and oxygen atoms in total. The van der Waals surface area contributed by atoms with Gasteiger partial charge in [0.1, 0.15) is 11.5 Å². The van der Waals surface area contributed by atoms with Gasteiger partial charge in [-0.2, -0.15) is 0 Å². The third-order valence-corrected chi connectivity index (χ3v) is 23.3. The van der Waals surface area contributed by atoms with Crippen LogP contribution in [-0.2, 0) is 16.2 Å². The van der Waals surface area contributed by atoms with E-state index in [1.165, 1.54) is 99.4 Å². The SMILES string of the molecule is COc1ccc(N(c2ccc([Si](C)(C)C)cc2)c2ccc3c(c2)C(C)(C)c2cc(C=Cc4ccc5c(c4)C(C)(C)c4cc(C=Cc6ccc7c(c6)C(C)(C)c6cc(N(c8ccc(OC)cc8)c8ccc([Si](C)(C)C)cc8)ccc6-7)ccc4-5)ccc2-3)cc1. The number of ether oxygens (including phenoxy) is 2. The number of methoxy groups -OCH3 is 2. The number of rotatable bonds is 14. The van der Waals surface area contributed by atoms with Crippen LogP contribution in [0.3, 0.4) is 0 Å². The summed E-state index contributed by atoms with van der Waals surface area (Å²) >= 11 is 0. The number of hydrogen-bond acceptors (Lipinski definition) is 4. The van der Waals surface area contributed by atoms with Gasteiger partial charge >= 0.3 is 0 Å². The van der Waals surface area contributed by atoms with E-state index in [1.807, 2.05) is 0 Å². The van der Waals surface area contributed by atoms with E-state index in [0.717, 1.165) is 45.6 Å². The Morgan fingerprint density at radius 3 is 0.736 bits per heavy atom. The second-order valence-electron chi connectivity index (χ2n) is 27.9. The molecule has 10 aromatic rings. The van der Waals surface area contributed by atoms with Crippen molar-refractivity contribution in [3.05, 3.63) is 262 Å². The van der Waals surface area contributed by atoms with Gasteiger partial charge in [0, 0.05) is 50.4 Å². The first kappa shape index (κ1) is 57.4. The van der Waals surface area contributed by atoms with Gasteiger partial charge in [-0.1, -0.05) is 225 Å². The highest BCUT2D eigenvalue weighted by Gasteiger charge is 2.39. The van der Waals surface area contributed by atoms with Crippen molar-refractivity contribution in [2.75, 3.05) is 24.0 Å². The Hall–Kier alpha value is -8.69. The highest BCUT2D eigenvalue weighted by molar-refractivity contribution is 6.89. The van der Waals surface area contributed by atoms with E-state index in [2.05, 4.69) is 321 Å². The molecule has 0 heterocycles. The molecule has 0 spiro atoms. The minimum atomic E-state index is -1.47. The molecule has 3 aliphatic carbocycles. The summed E-state index contributed by atoms with van der Waals surface area (Å²) in [6.45, 7) is 28.7. The first-order valence-electron chi connectivity index (χ1n) is 30.9. The predicted molar refractivity (Wildman–Crippen MR) is 378 cm³/mol. The minimum absolute atomic E-state index is 0.163. The van der Waals surface area contributed by atoms with Crippen molar-refractivity contribution in [2.45, 2.75) is 97.1 Å². The fourth-order valence-corrected chi connectivity index (χ4v) is 16.2. The maximum atomic E-state index is 5.57. The highest BCUT2D eigenvalue weighted by Crippen LogP contribution is 2.54. The number of benzene rings is 10. The quantitative estimate of drug-likeness (QED) is 0.0800. The van der Waals surface area contributed by atoms with Crippen molar-refractivity contribution in [3.8, 4) is 44.9 Å². The largest absolute Gasteiger partial charge is 0.497 e. The summed E-state index contributed by atoms with van der Waals surface area (Å²) in [5, 5.41) is 2.90. The van der Waals surface area contributed by atoms with Crippen molar-refractivity contribution in [3.63, 3.8) is 0 Å². The topological polar surface area (TPSA) is 24.9 Å². The van der Waals surface area contributed by atoms with Gasteiger partial charge in [-0.05, 0) is 186 Å². The lowest BCUT2D eigenvalue weighted by Gasteiger charge is -2.29. The van der Waals surface area contributed by atoms with E-state index in [9.17, 15) is 0 Å². The minimum Gasteiger partial charge on any atom is -0.497 e. The van der Waals surface area contributed by atoms with Crippen LogP contribution in [0.5, 0.6) is 11.5 Å². The van der Waals surface area contributed by atoms with E-state index < -0.39 is 16.1 Å². The maximum Gasteiger partial charge on any atom is 0.119 e. The Balaban J connectivity index is 0.725. The van der Waals surface area contributed by atoms with Gasteiger partial charge < -0.3 is 19.3 Å². The summed E-state index contributed by atoms with van der Waals surface area (Å²) in [4.78, 5) is 4.76. The van der Waals surface area contributed by atoms with E-state index in [4.69, 9.17) is 9.47 Å². The van der Waals surface area contributed by atoms with Crippen LogP contribution in [0, 0.1) is 0 Å². The molecule has 434 valence electrons. The van der Waals surface area contributed by atoms with E-state index in [1.54, 1.807) is 14.2 Å². The Morgan fingerprint density at radius 1 is 0.276 bits per heavy atom. The monoisotopic (exact) mass is 1170 g/mol. The number of nitrogens with zero attached hydrogens (tertiary/aromatic N) is 2. The zero-order valence-electron chi connectivity index (χ0n) is 53.2. The normalized spacial score (nSPS) is 14.7. The summed E-state index contributed by atoms with van der Waals surface area (Å²) in [6.07, 6.45) is 9.18. The first-order valence-corrected chi connectivity index (χ1v) is 37.9. The second-order valence-corrected chi connectivity index (χ2v) is 38.0. The van der Waals surface area contributed by atoms with Gasteiger partial charge in [0.15, 0.2) is 0 Å². The average Bonchev–Trinajstić information content (AvgIpc) is 1.63. The van der Waals surface area contributed by atoms with E-state index in [0.29, 0.717) is 0 Å². The summed E-state index contributed by atoms with van der Waals surface area (Å²) < 4.78 is 11.1. The van der Waals surface area contributed by atoms with Gasteiger partial charge in [-0.15, -0.1) is 0 Å². The zero-order chi connectivity index (χ0) is 61.0. The van der Waals surface area contributed by atoms with Crippen LogP contribution in [0.2, 0.25) is 39.3 Å². The molecule has 87 heavy (non-hydrogen) atoms. The van der Waals surface area contributed by atoms with Gasteiger partial charge in [-0.3, -0.25) is 0 Å². The Kier molecular flexibility index (Phi) is 14.1. The van der Waals surface area contributed by atoms with Crippen molar-refractivity contribution in [1.29, 1.82) is 0 Å². The van der Waals surface area contributed by atoms with Crippen LogP contribution in [0.1, 0.15) is 97.2 Å². The molecule has 0 bridgehead atoms. The van der Waals surface area contributed by atoms with Gasteiger partial charge in [-0.25, -0.2) is 0 Å². The Morgan fingerprint density at radius 2 is 0.494 bits per heavy atom. The average molecular weight is 1170 g/mol. The summed E-state index contributed by atoms with van der Waals surface area (Å²) in [5.74, 6) is 1.69. The number of hydrogen-bond donors (Lipinski definition) is 0. The van der Waals surface area contributed by atoms with Crippen LogP contribution in [0.4, 0.5) is 34.1 Å². The Labute approximate surface area is 519 Å². The van der Waals surface area contributed by atoms with Gasteiger partial charge in [0.25, 0.3) is 0 Å². The standard InChI is InChI=1S/C81H80N2O2Si2/c1-79(2)73-47-53(15-17-55-21-43-69-71-45-31-61(51-77(71)80(3,4)75(69)49-55)82(57-23-33-63(84-7)34-24-57)59-27-37-65(38-28-59)86(9,10)11)19-41-67(73)68-42-20-54(48-74(68)79)16-18-56-22-44-70-72-46-32-62(52-78(72)81(5,6)76(70)50-56)83(58-25-35-64(85-8)36-26-58)60-29-39-66(40-30-60)87(12,13)14/h15-52H,1-14H3. The third kappa shape index (κ3) is 10.2. The molecule has 0 fully saturated rings. The molecule has 13 rings (SSSR count). The lowest BCUT2D eigenvalue weighted by Crippen LogP contribution is -2.37. The van der Waals surface area contributed by atoms with Crippen LogP contribution >= 0.6 is 0 Å². The molecular formula is C81H80N2O2Si2. The van der Waals surface area contributed by atoms with E-state index >= 15 is 0 Å². The van der Waals surface area contributed by atoms with Crippen molar-refractivity contribution < 1.29 is 9.47 Å². The first-order chi connectivity index (χ1) is 41.5. The highest BCUT2D eigenvalue weighted by atomic mass is 28.3. The summed E-state index contributed by atoms with van der Waals surface area (Å²) in [7, 11) is 0.511. The third-order valence-electron chi connectivity index (χ3n) is 19.2. The molecule has 0 radical (unpaired) electrons. The molecule has 0 saturated carbocycles. The van der Waals surface area contributed by atoms with Crippen LogP contribution in [-0.4, -0.2) is 30.4 Å². The lowest BCUT2D eigenvalue weighted by atomic mass is 9.81. The second kappa shape index (κ2) is 21.3. The maximum absolute atomic E-state index is 5.57. The molecule has 10 aromatic carbocycles. The molecule has 0 saturated heterocycles. The van der Waals surface area contributed by atoms with Crippen LogP contribution < -0.4 is 29.6 Å².